The van der Waals surface area contributed by atoms with Crippen LogP contribution in [0.4, 0.5) is 17.6 Å². The number of halogens is 4. The predicted molar refractivity (Wildman–Crippen MR) is 143 cm³/mol. The van der Waals surface area contributed by atoms with Gasteiger partial charge in [-0.2, -0.15) is 0 Å². The second-order valence-corrected chi connectivity index (χ2v) is 12.1. The van der Waals surface area contributed by atoms with Crippen LogP contribution in [-0.4, -0.2) is 17.9 Å². The van der Waals surface area contributed by atoms with Gasteiger partial charge in [0.15, 0.2) is 17.6 Å². The van der Waals surface area contributed by atoms with Gasteiger partial charge in [-0.1, -0.05) is 77.8 Å². The van der Waals surface area contributed by atoms with E-state index in [9.17, 15) is 8.78 Å². The first-order valence-corrected chi connectivity index (χ1v) is 14.9. The zero-order chi connectivity index (χ0) is 26.7. The van der Waals surface area contributed by atoms with E-state index in [0.717, 1.165) is 68.9 Å². The van der Waals surface area contributed by atoms with Gasteiger partial charge in [0.05, 0.1) is 0 Å². The molecule has 4 rings (SSSR count). The van der Waals surface area contributed by atoms with Crippen LogP contribution in [-0.2, 0) is 0 Å². The Morgan fingerprint density at radius 3 is 2.08 bits per heavy atom. The number of rotatable bonds is 8. The summed E-state index contributed by atoms with van der Waals surface area (Å²) in [6.07, 6.45) is 9.72. The Bertz CT molecular complexity index is 920. The SMILES string of the molecule is CCCC(CC)c1cc(C2CCCCC2)cc(C2CCCCC2)c1O[C@@]1(C)C(F)=C(F)C(C)C(F)C1F. The van der Waals surface area contributed by atoms with Crippen LogP contribution in [0.15, 0.2) is 23.8 Å². The summed E-state index contributed by atoms with van der Waals surface area (Å²) < 4.78 is 67.1. The van der Waals surface area contributed by atoms with Gasteiger partial charge in [-0.15, -0.1) is 0 Å². The molecule has 5 atom stereocenters. The molecule has 4 unspecified atom stereocenters. The highest BCUT2D eigenvalue weighted by Crippen LogP contribution is 2.50. The van der Waals surface area contributed by atoms with E-state index >= 15 is 8.78 Å². The highest BCUT2D eigenvalue weighted by Gasteiger charge is 2.55. The van der Waals surface area contributed by atoms with Gasteiger partial charge in [-0.3, -0.25) is 0 Å². The topological polar surface area (TPSA) is 9.23 Å². The lowest BCUT2D eigenvalue weighted by molar-refractivity contribution is -0.0530. The summed E-state index contributed by atoms with van der Waals surface area (Å²) in [5.74, 6) is -2.64. The first-order valence-electron chi connectivity index (χ1n) is 14.9. The van der Waals surface area contributed by atoms with Gasteiger partial charge in [0.1, 0.15) is 17.7 Å². The van der Waals surface area contributed by atoms with Crippen molar-refractivity contribution < 1.29 is 22.3 Å². The van der Waals surface area contributed by atoms with E-state index in [1.807, 2.05) is 0 Å². The minimum atomic E-state index is -2.33. The molecule has 2 saturated carbocycles. The first kappa shape index (κ1) is 28.5. The van der Waals surface area contributed by atoms with Crippen molar-refractivity contribution in [3.63, 3.8) is 0 Å². The smallest absolute Gasteiger partial charge is 0.194 e. The second kappa shape index (κ2) is 12.1. The summed E-state index contributed by atoms with van der Waals surface area (Å²) in [5.41, 5.74) is 0.957. The fourth-order valence-electron chi connectivity index (χ4n) is 7.00. The summed E-state index contributed by atoms with van der Waals surface area (Å²) >= 11 is 0. The number of hydrogen-bond donors (Lipinski definition) is 0. The van der Waals surface area contributed by atoms with Crippen molar-refractivity contribution in [2.75, 3.05) is 0 Å². The van der Waals surface area contributed by atoms with Gasteiger partial charge < -0.3 is 4.74 Å². The Labute approximate surface area is 221 Å². The van der Waals surface area contributed by atoms with Gasteiger partial charge in [-0.05, 0) is 79.9 Å². The zero-order valence-electron chi connectivity index (χ0n) is 23.2. The molecule has 3 aliphatic carbocycles. The van der Waals surface area contributed by atoms with Crippen molar-refractivity contribution in [1.82, 2.24) is 0 Å². The minimum absolute atomic E-state index is 0.160. The van der Waals surface area contributed by atoms with E-state index in [1.54, 1.807) is 0 Å². The van der Waals surface area contributed by atoms with Gasteiger partial charge in [0.2, 0.25) is 0 Å². The molecule has 0 aromatic heterocycles. The largest absolute Gasteiger partial charge is 0.477 e. The molecular weight excluding hydrogens is 476 g/mol. The lowest BCUT2D eigenvalue weighted by atomic mass is 9.76. The molecule has 2 fully saturated rings. The zero-order valence-corrected chi connectivity index (χ0v) is 23.2. The molecule has 0 amide bonds. The summed E-state index contributed by atoms with van der Waals surface area (Å²) in [6, 6.07) is 4.45. The van der Waals surface area contributed by atoms with Crippen molar-refractivity contribution in [1.29, 1.82) is 0 Å². The van der Waals surface area contributed by atoms with Crippen molar-refractivity contribution in [3.8, 4) is 5.75 Å². The second-order valence-electron chi connectivity index (χ2n) is 12.1. The van der Waals surface area contributed by atoms with E-state index < -0.39 is 35.5 Å². The third kappa shape index (κ3) is 5.62. The number of ether oxygens (including phenoxy) is 1. The van der Waals surface area contributed by atoms with Crippen LogP contribution >= 0.6 is 0 Å². The van der Waals surface area contributed by atoms with Gasteiger partial charge in [-0.25, -0.2) is 17.6 Å². The molecule has 1 aromatic rings. The Balaban J connectivity index is 1.90. The van der Waals surface area contributed by atoms with E-state index in [2.05, 4.69) is 26.0 Å². The maximum Gasteiger partial charge on any atom is 0.194 e. The van der Waals surface area contributed by atoms with Gasteiger partial charge >= 0.3 is 0 Å². The average Bonchev–Trinajstić information content (AvgIpc) is 2.94. The van der Waals surface area contributed by atoms with Crippen LogP contribution in [0.2, 0.25) is 0 Å². The third-order valence-corrected chi connectivity index (χ3v) is 9.50. The monoisotopic (exact) mass is 522 g/mol. The molecule has 5 heteroatoms. The van der Waals surface area contributed by atoms with Crippen LogP contribution in [0.25, 0.3) is 0 Å². The molecule has 0 saturated heterocycles. The summed E-state index contributed by atoms with van der Waals surface area (Å²) in [7, 11) is 0. The summed E-state index contributed by atoms with van der Waals surface area (Å²) in [5, 5.41) is 0. The van der Waals surface area contributed by atoms with Crippen LogP contribution in [0, 0.1) is 5.92 Å². The highest BCUT2D eigenvalue weighted by atomic mass is 19.2. The van der Waals surface area contributed by atoms with E-state index in [-0.39, 0.29) is 11.8 Å². The molecule has 0 aliphatic heterocycles. The molecule has 0 heterocycles. The van der Waals surface area contributed by atoms with Gasteiger partial charge in [0.25, 0.3) is 0 Å². The lowest BCUT2D eigenvalue weighted by Crippen LogP contribution is -2.53. The van der Waals surface area contributed by atoms with Crippen molar-refractivity contribution >= 4 is 0 Å². The Morgan fingerprint density at radius 1 is 0.919 bits per heavy atom. The van der Waals surface area contributed by atoms with Crippen LogP contribution in [0.1, 0.15) is 146 Å². The van der Waals surface area contributed by atoms with Crippen molar-refractivity contribution in [3.05, 3.63) is 40.5 Å². The van der Waals surface area contributed by atoms with Crippen LogP contribution in [0.3, 0.4) is 0 Å². The molecule has 0 spiro atoms. The molecule has 0 bridgehead atoms. The van der Waals surface area contributed by atoms with Crippen molar-refractivity contribution in [2.45, 2.75) is 147 Å². The summed E-state index contributed by atoms with van der Waals surface area (Å²) in [6.45, 7) is 6.66. The number of hydrogen-bond acceptors (Lipinski definition) is 1. The quantitative estimate of drug-likeness (QED) is 0.309. The van der Waals surface area contributed by atoms with Crippen LogP contribution in [0.5, 0.6) is 5.75 Å². The maximum atomic E-state index is 15.6. The Kier molecular flexibility index (Phi) is 9.33. The fourth-order valence-corrected chi connectivity index (χ4v) is 7.00. The number of alkyl halides is 2. The molecule has 1 aromatic carbocycles. The summed E-state index contributed by atoms with van der Waals surface area (Å²) in [4.78, 5) is 0. The number of benzene rings is 1. The molecule has 3 aliphatic rings. The Morgan fingerprint density at radius 2 is 1.51 bits per heavy atom. The standard InChI is InChI=1S/C32H46F4O/c1-5-13-21(6-2)25-18-24(22-14-9-7-10-15-22)19-26(23-16-11-8-12-17-23)29(25)37-32(4)30(35)27(33)20(3)28(34)31(32)36/h18-23,27,30H,5-17H2,1-4H3/t20?,21?,27?,30?,32-/m1/s1. The van der Waals surface area contributed by atoms with Gasteiger partial charge in [0, 0.05) is 5.92 Å². The Hall–Kier alpha value is -1.52. The minimum Gasteiger partial charge on any atom is -0.477 e. The third-order valence-electron chi connectivity index (χ3n) is 9.50. The fraction of sp³-hybridized carbons (Fsp3) is 0.750. The molecule has 0 radical (unpaired) electrons. The average molecular weight is 523 g/mol. The van der Waals surface area contributed by atoms with Crippen molar-refractivity contribution in [2.24, 2.45) is 5.92 Å². The normalized spacial score (nSPS) is 31.0. The van der Waals surface area contributed by atoms with E-state index in [4.69, 9.17) is 4.74 Å². The molecule has 37 heavy (non-hydrogen) atoms. The van der Waals surface area contributed by atoms with E-state index in [1.165, 1.54) is 45.1 Å². The predicted octanol–water partition coefficient (Wildman–Crippen LogP) is 10.7. The number of allylic oxidation sites excluding steroid dienone is 1. The molecule has 1 nitrogen and oxygen atoms in total. The first-order chi connectivity index (χ1) is 17.7. The molecule has 208 valence electrons. The highest BCUT2D eigenvalue weighted by molar-refractivity contribution is 5.51. The maximum absolute atomic E-state index is 15.6. The lowest BCUT2D eigenvalue weighted by Gasteiger charge is -2.41. The van der Waals surface area contributed by atoms with Crippen LogP contribution < -0.4 is 4.74 Å². The molecular formula is C32H46F4O. The molecule has 0 N–H and O–H groups in total. The van der Waals surface area contributed by atoms with E-state index in [0.29, 0.717) is 11.7 Å².